The van der Waals surface area contributed by atoms with Crippen molar-refractivity contribution in [2.45, 2.75) is 0 Å². The molecule has 0 aliphatic rings. The van der Waals surface area contributed by atoms with Crippen LogP contribution in [0.2, 0.25) is 0 Å². The average molecular weight is 231 g/mol. The highest BCUT2D eigenvalue weighted by atomic mass is 79.9. The third-order valence-corrected chi connectivity index (χ3v) is 1.94. The topological polar surface area (TPSA) is 9.23 Å². The Morgan fingerprint density at radius 3 is 2.75 bits per heavy atom. The molecule has 64 valence electrons. The summed E-state index contributed by atoms with van der Waals surface area (Å²) in [5.41, 5.74) is 0.390. The maximum absolute atomic E-state index is 13.1. The first-order valence-corrected chi connectivity index (χ1v) is 4.13. The summed E-state index contributed by atoms with van der Waals surface area (Å²) in [6.45, 7) is 3.49. The van der Waals surface area contributed by atoms with Crippen molar-refractivity contribution in [3.05, 3.63) is 34.6 Å². The molecule has 1 aromatic rings. The smallest absolute Gasteiger partial charge is 0.135 e. The van der Waals surface area contributed by atoms with Gasteiger partial charge in [-0.25, -0.2) is 4.39 Å². The van der Waals surface area contributed by atoms with Crippen LogP contribution in [0.25, 0.3) is 6.08 Å². The van der Waals surface area contributed by atoms with Crippen molar-refractivity contribution < 1.29 is 9.13 Å². The van der Waals surface area contributed by atoms with E-state index in [9.17, 15) is 4.39 Å². The van der Waals surface area contributed by atoms with Crippen LogP contribution in [0.1, 0.15) is 5.56 Å². The van der Waals surface area contributed by atoms with Gasteiger partial charge in [0.2, 0.25) is 0 Å². The van der Waals surface area contributed by atoms with Crippen LogP contribution in [0.3, 0.4) is 0 Å². The molecule has 0 radical (unpaired) electrons. The van der Waals surface area contributed by atoms with Gasteiger partial charge in [-0.15, -0.1) is 0 Å². The molecule has 3 heteroatoms. The van der Waals surface area contributed by atoms with Crippen LogP contribution < -0.4 is 4.74 Å². The van der Waals surface area contributed by atoms with Gasteiger partial charge in [0.25, 0.3) is 0 Å². The van der Waals surface area contributed by atoms with Gasteiger partial charge in [-0.3, -0.25) is 0 Å². The van der Waals surface area contributed by atoms with E-state index in [-0.39, 0.29) is 5.82 Å². The number of rotatable bonds is 2. The molecule has 0 aromatic heterocycles. The van der Waals surface area contributed by atoms with E-state index in [0.29, 0.717) is 15.8 Å². The number of ether oxygens (including phenoxy) is 1. The summed E-state index contributed by atoms with van der Waals surface area (Å²) in [4.78, 5) is 0. The maximum atomic E-state index is 13.1. The van der Waals surface area contributed by atoms with E-state index in [0.717, 1.165) is 0 Å². The van der Waals surface area contributed by atoms with Gasteiger partial charge >= 0.3 is 0 Å². The zero-order valence-electron chi connectivity index (χ0n) is 6.60. The minimum absolute atomic E-state index is 0.337. The van der Waals surface area contributed by atoms with Gasteiger partial charge in [-0.05, 0) is 12.1 Å². The van der Waals surface area contributed by atoms with E-state index in [1.807, 2.05) is 0 Å². The highest BCUT2D eigenvalue weighted by Crippen LogP contribution is 2.27. The van der Waals surface area contributed by atoms with Crippen molar-refractivity contribution in [1.29, 1.82) is 0 Å². The molecule has 0 bridgehead atoms. The van der Waals surface area contributed by atoms with Gasteiger partial charge in [0.15, 0.2) is 0 Å². The van der Waals surface area contributed by atoms with Crippen LogP contribution in [0.15, 0.2) is 23.2 Å². The minimum atomic E-state index is -0.337. The van der Waals surface area contributed by atoms with Crippen molar-refractivity contribution in [1.82, 2.24) is 0 Å². The van der Waals surface area contributed by atoms with E-state index in [4.69, 9.17) is 4.74 Å². The zero-order valence-corrected chi connectivity index (χ0v) is 8.19. The lowest BCUT2D eigenvalue weighted by molar-refractivity contribution is 0.409. The number of hydrogen-bond acceptors (Lipinski definition) is 1. The number of hydrogen-bond donors (Lipinski definition) is 0. The van der Waals surface area contributed by atoms with E-state index in [1.54, 1.807) is 6.07 Å². The van der Waals surface area contributed by atoms with Gasteiger partial charge in [0, 0.05) is 4.47 Å². The van der Waals surface area contributed by atoms with Crippen LogP contribution in [0, 0.1) is 5.82 Å². The lowest BCUT2D eigenvalue weighted by Crippen LogP contribution is -1.90. The average Bonchev–Trinajstić information content (AvgIpc) is 2.03. The van der Waals surface area contributed by atoms with E-state index in [1.165, 1.54) is 19.3 Å². The lowest BCUT2D eigenvalue weighted by atomic mass is 10.2. The van der Waals surface area contributed by atoms with Crippen molar-refractivity contribution in [2.75, 3.05) is 7.11 Å². The molecule has 0 spiro atoms. The Hall–Kier alpha value is -0.830. The first-order valence-electron chi connectivity index (χ1n) is 3.34. The zero-order chi connectivity index (χ0) is 9.14. The van der Waals surface area contributed by atoms with Crippen molar-refractivity contribution >= 4 is 22.0 Å². The SMILES string of the molecule is C=Cc1c(F)cc(Br)cc1OC. The molecule has 12 heavy (non-hydrogen) atoms. The number of methoxy groups -OCH3 is 1. The predicted molar refractivity (Wildman–Crippen MR) is 50.7 cm³/mol. The van der Waals surface area contributed by atoms with Gasteiger partial charge in [-0.1, -0.05) is 28.6 Å². The molecular weight excluding hydrogens is 223 g/mol. The Kier molecular flexibility index (Phi) is 2.87. The van der Waals surface area contributed by atoms with Crippen LogP contribution in [-0.4, -0.2) is 7.11 Å². The summed E-state index contributed by atoms with van der Waals surface area (Å²) >= 11 is 3.16. The third-order valence-electron chi connectivity index (χ3n) is 1.48. The number of halogens is 2. The Labute approximate surface area is 79.0 Å². The molecule has 0 N–H and O–H groups in total. The minimum Gasteiger partial charge on any atom is -0.496 e. The summed E-state index contributed by atoms with van der Waals surface area (Å²) in [7, 11) is 1.49. The lowest BCUT2D eigenvalue weighted by Gasteiger charge is -2.05. The highest BCUT2D eigenvalue weighted by molar-refractivity contribution is 9.10. The molecule has 0 unspecified atom stereocenters. The van der Waals surface area contributed by atoms with Crippen molar-refractivity contribution in [3.63, 3.8) is 0 Å². The normalized spacial score (nSPS) is 9.58. The molecule has 0 aliphatic heterocycles. The second-order valence-electron chi connectivity index (χ2n) is 2.21. The molecule has 1 rings (SSSR count). The molecule has 0 fully saturated rings. The standard InChI is InChI=1S/C9H8BrFO/c1-3-7-8(11)4-6(10)5-9(7)12-2/h3-5H,1H2,2H3. The fourth-order valence-corrected chi connectivity index (χ4v) is 1.34. The van der Waals surface area contributed by atoms with Crippen molar-refractivity contribution in [3.8, 4) is 5.75 Å². The van der Waals surface area contributed by atoms with E-state index < -0.39 is 0 Å². The van der Waals surface area contributed by atoms with E-state index in [2.05, 4.69) is 22.5 Å². The summed E-state index contributed by atoms with van der Waals surface area (Å²) in [5.74, 6) is 0.146. The summed E-state index contributed by atoms with van der Waals surface area (Å²) in [5, 5.41) is 0. The Morgan fingerprint density at radius 1 is 1.58 bits per heavy atom. The van der Waals surface area contributed by atoms with Crippen molar-refractivity contribution in [2.24, 2.45) is 0 Å². The van der Waals surface area contributed by atoms with Gasteiger partial charge < -0.3 is 4.74 Å². The Morgan fingerprint density at radius 2 is 2.25 bits per heavy atom. The fourth-order valence-electron chi connectivity index (χ4n) is 0.928. The van der Waals surface area contributed by atoms with Crippen LogP contribution in [0.5, 0.6) is 5.75 Å². The second-order valence-corrected chi connectivity index (χ2v) is 3.12. The Bertz CT molecular complexity index is 310. The molecule has 0 aliphatic carbocycles. The third kappa shape index (κ3) is 1.67. The molecule has 0 saturated heterocycles. The van der Waals surface area contributed by atoms with Gasteiger partial charge in [0.05, 0.1) is 12.7 Å². The highest BCUT2D eigenvalue weighted by Gasteiger charge is 2.06. The van der Waals surface area contributed by atoms with E-state index >= 15 is 0 Å². The predicted octanol–water partition coefficient (Wildman–Crippen LogP) is 3.24. The summed E-state index contributed by atoms with van der Waals surface area (Å²) < 4.78 is 18.7. The van der Waals surface area contributed by atoms with Crippen LogP contribution in [-0.2, 0) is 0 Å². The molecule has 0 heterocycles. The second kappa shape index (κ2) is 3.72. The van der Waals surface area contributed by atoms with Gasteiger partial charge in [0.1, 0.15) is 11.6 Å². The van der Waals surface area contributed by atoms with Gasteiger partial charge in [-0.2, -0.15) is 0 Å². The molecule has 0 saturated carbocycles. The molecule has 0 amide bonds. The summed E-state index contributed by atoms with van der Waals surface area (Å²) in [6.07, 6.45) is 1.43. The fraction of sp³-hybridized carbons (Fsp3) is 0.111. The van der Waals surface area contributed by atoms with Crippen LogP contribution in [0.4, 0.5) is 4.39 Å². The molecule has 0 atom stereocenters. The largest absolute Gasteiger partial charge is 0.496 e. The maximum Gasteiger partial charge on any atom is 0.135 e. The number of benzene rings is 1. The summed E-state index contributed by atoms with van der Waals surface area (Å²) in [6, 6.07) is 3.07. The molecule has 1 aromatic carbocycles. The quantitative estimate of drug-likeness (QED) is 0.759. The monoisotopic (exact) mass is 230 g/mol. The Balaban J connectivity index is 3.33. The first kappa shape index (κ1) is 9.26. The molecular formula is C9H8BrFO. The molecule has 1 nitrogen and oxygen atoms in total. The first-order chi connectivity index (χ1) is 5.69. The van der Waals surface area contributed by atoms with Crippen LogP contribution >= 0.6 is 15.9 Å².